The van der Waals surface area contributed by atoms with Crippen molar-refractivity contribution in [3.05, 3.63) is 82.8 Å². The van der Waals surface area contributed by atoms with E-state index in [1.807, 2.05) is 24.3 Å². The van der Waals surface area contributed by atoms with Gasteiger partial charge < -0.3 is 20.2 Å². The van der Waals surface area contributed by atoms with Gasteiger partial charge in [0.05, 0.1) is 30.1 Å². The van der Waals surface area contributed by atoms with Gasteiger partial charge in [-0.05, 0) is 73.7 Å². The number of rotatable bonds is 7. The van der Waals surface area contributed by atoms with E-state index in [0.29, 0.717) is 18.4 Å². The van der Waals surface area contributed by atoms with Crippen molar-refractivity contribution in [1.29, 1.82) is 5.26 Å². The van der Waals surface area contributed by atoms with Crippen molar-refractivity contribution in [1.82, 2.24) is 9.88 Å². The summed E-state index contributed by atoms with van der Waals surface area (Å²) >= 11 is 0. The van der Waals surface area contributed by atoms with Crippen molar-refractivity contribution >= 4 is 17.2 Å². The van der Waals surface area contributed by atoms with Crippen LogP contribution < -0.4 is 15.1 Å². The average Bonchev–Trinajstić information content (AvgIpc) is 2.96. The monoisotopic (exact) mass is 528 g/mol. The Bertz CT molecular complexity index is 1320. The zero-order chi connectivity index (χ0) is 27.4. The number of piperidine rings is 1. The van der Waals surface area contributed by atoms with Crippen molar-refractivity contribution in [2.45, 2.75) is 45.3 Å². The highest BCUT2D eigenvalue weighted by atomic mass is 19.1. The number of aliphatic hydroxyl groups excluding tert-OH is 1. The number of halogens is 1. The minimum Gasteiger partial charge on any atom is -0.394 e. The van der Waals surface area contributed by atoms with Gasteiger partial charge >= 0.3 is 0 Å². The van der Waals surface area contributed by atoms with Gasteiger partial charge in [0.25, 0.3) is 0 Å². The van der Waals surface area contributed by atoms with Crippen LogP contribution in [0.4, 0.5) is 21.6 Å². The first kappa shape index (κ1) is 26.9. The molecule has 0 radical (unpaired) electrons. The Balaban J connectivity index is 1.21. The van der Waals surface area contributed by atoms with Crippen molar-refractivity contribution in [2.24, 2.45) is 0 Å². The first-order chi connectivity index (χ1) is 18.9. The molecule has 8 heteroatoms. The number of nitrogens with zero attached hydrogens (tertiary/aromatic N) is 5. The molecule has 2 N–H and O–H groups in total. The standard InChI is InChI=1S/C31H37FN6O/c1-22-15-23(2)29(35-27-9-11-37(12-10-27)30-6-4-3-5-24(30)17-33)16-25(22)19-36-13-14-38(28(20-36)21-39)31-8-7-26(32)18-34-31/h3-8,15-16,18,27-28,35,39H,9-14,19-21H2,1-2H3/t28-/m0/s1. The van der Waals surface area contributed by atoms with Crippen LogP contribution in [0.25, 0.3) is 0 Å². The second kappa shape index (κ2) is 12.0. The zero-order valence-electron chi connectivity index (χ0n) is 22.8. The van der Waals surface area contributed by atoms with E-state index in [9.17, 15) is 14.8 Å². The van der Waals surface area contributed by atoms with Crippen LogP contribution in [-0.2, 0) is 6.54 Å². The number of aryl methyl sites for hydroxylation is 2. The topological polar surface area (TPSA) is 78.7 Å². The normalized spacial score (nSPS) is 18.7. The van der Waals surface area contributed by atoms with E-state index >= 15 is 0 Å². The van der Waals surface area contributed by atoms with Crippen LogP contribution in [0, 0.1) is 31.0 Å². The SMILES string of the molecule is Cc1cc(C)c(NC2CCN(c3ccccc3C#N)CC2)cc1CN1CCN(c2ccc(F)cn2)[C@H](CO)C1. The number of nitriles is 1. The molecule has 5 rings (SSSR count). The third kappa shape index (κ3) is 6.16. The first-order valence-electron chi connectivity index (χ1n) is 13.8. The Hall–Kier alpha value is -3.67. The third-order valence-electron chi connectivity index (χ3n) is 8.08. The van der Waals surface area contributed by atoms with Gasteiger partial charge in [-0.15, -0.1) is 0 Å². The zero-order valence-corrected chi connectivity index (χ0v) is 22.8. The number of piperazine rings is 1. The summed E-state index contributed by atoms with van der Waals surface area (Å²) in [6.45, 7) is 9.29. The molecule has 3 heterocycles. The summed E-state index contributed by atoms with van der Waals surface area (Å²) < 4.78 is 13.3. The lowest BCUT2D eigenvalue weighted by Crippen LogP contribution is -2.54. The van der Waals surface area contributed by atoms with Crippen LogP contribution in [0.5, 0.6) is 0 Å². The molecule has 7 nitrogen and oxygen atoms in total. The van der Waals surface area contributed by atoms with E-state index in [1.54, 1.807) is 6.07 Å². The highest BCUT2D eigenvalue weighted by molar-refractivity contribution is 5.60. The minimum atomic E-state index is -0.355. The summed E-state index contributed by atoms with van der Waals surface area (Å²) in [6, 6.07) is 18.1. The number of aromatic nitrogens is 1. The van der Waals surface area contributed by atoms with Crippen LogP contribution in [0.2, 0.25) is 0 Å². The van der Waals surface area contributed by atoms with Gasteiger partial charge in [0.1, 0.15) is 17.7 Å². The number of hydrogen-bond donors (Lipinski definition) is 2. The highest BCUT2D eigenvalue weighted by Gasteiger charge is 2.28. The third-order valence-corrected chi connectivity index (χ3v) is 8.08. The Kier molecular flexibility index (Phi) is 8.30. The lowest BCUT2D eigenvalue weighted by molar-refractivity contribution is 0.164. The molecule has 2 aliphatic heterocycles. The Morgan fingerprint density at radius 2 is 1.85 bits per heavy atom. The summed E-state index contributed by atoms with van der Waals surface area (Å²) in [7, 11) is 0. The molecule has 0 spiro atoms. The van der Waals surface area contributed by atoms with Gasteiger partial charge in [0.2, 0.25) is 0 Å². The predicted octanol–water partition coefficient (Wildman–Crippen LogP) is 4.47. The molecule has 204 valence electrons. The molecule has 0 saturated carbocycles. The molecule has 39 heavy (non-hydrogen) atoms. The predicted molar refractivity (Wildman–Crippen MR) is 154 cm³/mol. The van der Waals surface area contributed by atoms with E-state index < -0.39 is 0 Å². The molecule has 2 saturated heterocycles. The number of nitrogens with one attached hydrogen (secondary N) is 1. The van der Waals surface area contributed by atoms with Crippen LogP contribution in [0.3, 0.4) is 0 Å². The van der Waals surface area contributed by atoms with Crippen LogP contribution in [-0.4, -0.2) is 66.4 Å². The Morgan fingerprint density at radius 1 is 1.05 bits per heavy atom. The maximum Gasteiger partial charge on any atom is 0.141 e. The minimum absolute atomic E-state index is 0.0206. The summed E-state index contributed by atoms with van der Waals surface area (Å²) in [5.74, 6) is 0.349. The Morgan fingerprint density at radius 3 is 2.56 bits per heavy atom. The van der Waals surface area contributed by atoms with Crippen molar-refractivity contribution in [3.63, 3.8) is 0 Å². The molecule has 1 aromatic heterocycles. The fourth-order valence-electron chi connectivity index (χ4n) is 5.85. The maximum absolute atomic E-state index is 13.3. The smallest absolute Gasteiger partial charge is 0.141 e. The molecule has 2 aromatic carbocycles. The number of hydrogen-bond acceptors (Lipinski definition) is 7. The van der Waals surface area contributed by atoms with Crippen molar-refractivity contribution in [2.75, 3.05) is 54.4 Å². The highest BCUT2D eigenvalue weighted by Crippen LogP contribution is 2.28. The molecule has 3 aromatic rings. The second-order valence-corrected chi connectivity index (χ2v) is 10.7. The van der Waals surface area contributed by atoms with Gasteiger partial charge in [-0.25, -0.2) is 9.37 Å². The lowest BCUT2D eigenvalue weighted by atomic mass is 9.99. The van der Waals surface area contributed by atoms with Gasteiger partial charge in [-0.3, -0.25) is 4.90 Å². The number of para-hydroxylation sites is 1. The molecule has 2 aliphatic rings. The summed E-state index contributed by atoms with van der Waals surface area (Å²) in [6.07, 6.45) is 3.26. The largest absolute Gasteiger partial charge is 0.394 e. The van der Waals surface area contributed by atoms with Crippen molar-refractivity contribution in [3.8, 4) is 6.07 Å². The van der Waals surface area contributed by atoms with Crippen molar-refractivity contribution < 1.29 is 9.50 Å². The van der Waals surface area contributed by atoms with Crippen LogP contribution >= 0.6 is 0 Å². The first-order valence-corrected chi connectivity index (χ1v) is 13.8. The average molecular weight is 529 g/mol. The summed E-state index contributed by atoms with van der Waals surface area (Å²) in [5.41, 5.74) is 6.75. The lowest BCUT2D eigenvalue weighted by Gasteiger charge is -2.41. The maximum atomic E-state index is 13.3. The molecule has 0 amide bonds. The molecular weight excluding hydrogens is 491 g/mol. The Labute approximate surface area is 230 Å². The van der Waals surface area contributed by atoms with E-state index in [2.05, 4.69) is 57.0 Å². The summed E-state index contributed by atoms with van der Waals surface area (Å²) in [5, 5.41) is 23.4. The van der Waals surface area contributed by atoms with Crippen LogP contribution in [0.1, 0.15) is 35.1 Å². The number of pyridine rings is 1. The van der Waals surface area contributed by atoms with E-state index in [-0.39, 0.29) is 18.5 Å². The van der Waals surface area contributed by atoms with Gasteiger partial charge in [0, 0.05) is 51.0 Å². The molecule has 1 atom stereocenters. The summed E-state index contributed by atoms with van der Waals surface area (Å²) in [4.78, 5) is 11.0. The fourth-order valence-corrected chi connectivity index (χ4v) is 5.85. The number of aliphatic hydroxyl groups is 1. The molecule has 0 aliphatic carbocycles. The quantitative estimate of drug-likeness (QED) is 0.468. The van der Waals surface area contributed by atoms with E-state index in [1.165, 1.54) is 34.6 Å². The van der Waals surface area contributed by atoms with E-state index in [0.717, 1.165) is 56.8 Å². The second-order valence-electron chi connectivity index (χ2n) is 10.7. The van der Waals surface area contributed by atoms with Gasteiger partial charge in [-0.1, -0.05) is 18.2 Å². The number of benzene rings is 2. The molecule has 0 bridgehead atoms. The molecule has 0 unspecified atom stereocenters. The number of anilines is 3. The fraction of sp³-hybridized carbons (Fsp3) is 0.419. The van der Waals surface area contributed by atoms with E-state index in [4.69, 9.17) is 0 Å². The molecule has 2 fully saturated rings. The van der Waals surface area contributed by atoms with Crippen LogP contribution in [0.15, 0.2) is 54.7 Å². The van der Waals surface area contributed by atoms with Gasteiger partial charge in [0.15, 0.2) is 0 Å². The molecular formula is C31H37FN6O. The van der Waals surface area contributed by atoms with Gasteiger partial charge in [-0.2, -0.15) is 5.26 Å².